The first-order chi connectivity index (χ1) is 10.5. The maximum atomic E-state index is 12.8. The minimum atomic E-state index is -0.223. The maximum Gasteiger partial charge on any atom is 0.310 e. The monoisotopic (exact) mass is 363 g/mol. The molecule has 4 rings (SSSR count). The van der Waals surface area contributed by atoms with Crippen molar-refractivity contribution in [2.24, 2.45) is 23.7 Å². The molecule has 1 N–H and O–H groups in total. The molecule has 1 aromatic rings. The molecule has 5 heteroatoms. The topological polar surface area (TPSA) is 55.4 Å². The number of carbonyl (C=O) groups is 2. The fourth-order valence-electron chi connectivity index (χ4n) is 4.50. The number of carbonyl (C=O) groups excluding carboxylic acids is 2. The summed E-state index contributed by atoms with van der Waals surface area (Å²) < 4.78 is 6.44. The van der Waals surface area contributed by atoms with Crippen LogP contribution in [0.1, 0.15) is 24.0 Å². The summed E-state index contributed by atoms with van der Waals surface area (Å²) in [7, 11) is 0. The van der Waals surface area contributed by atoms with Gasteiger partial charge in [-0.2, -0.15) is 0 Å². The summed E-state index contributed by atoms with van der Waals surface area (Å²) in [5, 5.41) is 3.04. The molecule has 116 valence electrons. The van der Waals surface area contributed by atoms with Gasteiger partial charge in [-0.15, -0.1) is 0 Å². The lowest BCUT2D eigenvalue weighted by Crippen LogP contribution is -2.36. The van der Waals surface area contributed by atoms with Gasteiger partial charge in [0, 0.05) is 16.1 Å². The summed E-state index contributed by atoms with van der Waals surface area (Å²) in [5.41, 5.74) is 3.00. The van der Waals surface area contributed by atoms with Gasteiger partial charge in [0.2, 0.25) is 5.91 Å². The quantitative estimate of drug-likeness (QED) is 0.820. The molecule has 3 fully saturated rings. The van der Waals surface area contributed by atoms with Crippen LogP contribution in [0.4, 0.5) is 5.69 Å². The van der Waals surface area contributed by atoms with E-state index in [9.17, 15) is 9.59 Å². The second-order valence-electron chi connectivity index (χ2n) is 6.76. The normalized spacial score (nSPS) is 34.9. The number of hydrogen-bond acceptors (Lipinski definition) is 3. The summed E-state index contributed by atoms with van der Waals surface area (Å²) >= 11 is 3.50. The molecule has 1 amide bonds. The van der Waals surface area contributed by atoms with Crippen molar-refractivity contribution >= 4 is 33.5 Å². The predicted octanol–water partition coefficient (Wildman–Crippen LogP) is 3.20. The summed E-state index contributed by atoms with van der Waals surface area (Å²) in [6.45, 7) is 4.02. The molecule has 22 heavy (non-hydrogen) atoms. The molecule has 3 aliphatic rings. The Balaban J connectivity index is 1.59. The molecule has 4 nitrogen and oxygen atoms in total. The highest BCUT2D eigenvalue weighted by Crippen LogP contribution is 2.57. The largest absolute Gasteiger partial charge is 0.462 e. The maximum absolute atomic E-state index is 12.8. The zero-order valence-electron chi connectivity index (χ0n) is 12.6. The Morgan fingerprint density at radius 2 is 2.05 bits per heavy atom. The molecule has 2 saturated carbocycles. The van der Waals surface area contributed by atoms with Crippen molar-refractivity contribution in [3.8, 4) is 0 Å². The van der Waals surface area contributed by atoms with E-state index in [2.05, 4.69) is 21.2 Å². The summed E-state index contributed by atoms with van der Waals surface area (Å²) in [5.74, 6) is -0.0806. The molecule has 0 radical (unpaired) electrons. The van der Waals surface area contributed by atoms with Crippen LogP contribution in [0.25, 0.3) is 0 Å². The average Bonchev–Trinajstić information content (AvgIpc) is 3.09. The first-order valence-corrected chi connectivity index (χ1v) is 8.53. The molecule has 0 aromatic heterocycles. The van der Waals surface area contributed by atoms with E-state index < -0.39 is 0 Å². The summed E-state index contributed by atoms with van der Waals surface area (Å²) in [6.07, 6.45) is 1.88. The number of esters is 1. The Labute approximate surface area is 137 Å². The van der Waals surface area contributed by atoms with Crippen LogP contribution >= 0.6 is 15.9 Å². The fourth-order valence-corrected chi connectivity index (χ4v) is 4.93. The van der Waals surface area contributed by atoms with Gasteiger partial charge in [0.25, 0.3) is 0 Å². The molecule has 2 bridgehead atoms. The van der Waals surface area contributed by atoms with Crippen LogP contribution in [-0.4, -0.2) is 18.0 Å². The van der Waals surface area contributed by atoms with E-state index in [1.165, 1.54) is 0 Å². The van der Waals surface area contributed by atoms with E-state index in [0.29, 0.717) is 5.92 Å². The van der Waals surface area contributed by atoms with Crippen LogP contribution in [-0.2, 0) is 14.3 Å². The Hall–Kier alpha value is -1.36. The van der Waals surface area contributed by atoms with Crippen molar-refractivity contribution in [1.29, 1.82) is 0 Å². The summed E-state index contributed by atoms with van der Waals surface area (Å²) in [6, 6.07) is 3.85. The number of amides is 1. The van der Waals surface area contributed by atoms with E-state index in [0.717, 1.165) is 34.1 Å². The van der Waals surface area contributed by atoms with Gasteiger partial charge in [-0.3, -0.25) is 9.59 Å². The van der Waals surface area contributed by atoms with Crippen molar-refractivity contribution in [1.82, 2.24) is 0 Å². The zero-order chi connectivity index (χ0) is 15.6. The second-order valence-corrected chi connectivity index (χ2v) is 7.61. The molecule has 2 aliphatic carbocycles. The number of anilines is 1. The van der Waals surface area contributed by atoms with Crippen LogP contribution < -0.4 is 5.32 Å². The minimum absolute atomic E-state index is 0.0281. The highest BCUT2D eigenvalue weighted by atomic mass is 79.9. The summed E-state index contributed by atoms with van der Waals surface area (Å²) in [4.78, 5) is 24.8. The molecule has 0 unspecified atom stereocenters. The predicted molar refractivity (Wildman–Crippen MR) is 85.3 cm³/mol. The SMILES string of the molecule is Cc1c(Br)ccc(NC(=O)[C@H]2[C@H]3C[C@H]4[C@H]2C(=O)O[C@H]4C3)c1C. The highest BCUT2D eigenvalue weighted by molar-refractivity contribution is 9.10. The van der Waals surface area contributed by atoms with Crippen LogP contribution in [0.5, 0.6) is 0 Å². The third-order valence-electron chi connectivity index (χ3n) is 5.76. The molecule has 1 aliphatic heterocycles. The fraction of sp³-hybridized carbons (Fsp3) is 0.529. The van der Waals surface area contributed by atoms with Crippen LogP contribution in [0.2, 0.25) is 0 Å². The first-order valence-electron chi connectivity index (χ1n) is 7.74. The van der Waals surface area contributed by atoms with E-state index in [-0.39, 0.29) is 35.7 Å². The number of hydrogen-bond donors (Lipinski definition) is 1. The molecular formula is C17H18BrNO3. The lowest BCUT2D eigenvalue weighted by molar-refractivity contribution is -0.145. The van der Waals surface area contributed by atoms with Crippen molar-refractivity contribution in [2.75, 3.05) is 5.32 Å². The van der Waals surface area contributed by atoms with Gasteiger partial charge in [0.15, 0.2) is 0 Å². The number of halogens is 1. The van der Waals surface area contributed by atoms with Gasteiger partial charge in [-0.25, -0.2) is 0 Å². The van der Waals surface area contributed by atoms with Gasteiger partial charge in [0.1, 0.15) is 6.10 Å². The van der Waals surface area contributed by atoms with Crippen molar-refractivity contribution in [3.05, 3.63) is 27.7 Å². The van der Waals surface area contributed by atoms with Crippen LogP contribution in [0.3, 0.4) is 0 Å². The average molecular weight is 364 g/mol. The standard InChI is InChI=1S/C17H18BrNO3/c1-7-8(2)12(4-3-11(7)18)19-16(20)14-9-5-10-13(6-9)22-17(21)15(10)14/h3-4,9-10,13-15H,5-6H2,1-2H3,(H,19,20)/t9-,10+,13-,14-,15+/m0/s1. The molecule has 0 spiro atoms. The van der Waals surface area contributed by atoms with Gasteiger partial charge >= 0.3 is 5.97 Å². The van der Waals surface area contributed by atoms with E-state index in [4.69, 9.17) is 4.74 Å². The molecular weight excluding hydrogens is 346 g/mol. The third kappa shape index (κ3) is 1.87. The van der Waals surface area contributed by atoms with E-state index in [1.807, 2.05) is 26.0 Å². The lowest BCUT2D eigenvalue weighted by Gasteiger charge is -2.24. The van der Waals surface area contributed by atoms with E-state index in [1.54, 1.807) is 0 Å². The number of ether oxygens (including phenoxy) is 1. The molecule has 1 saturated heterocycles. The lowest BCUT2D eigenvalue weighted by atomic mass is 9.79. The molecule has 1 aromatic carbocycles. The Bertz CT molecular complexity index is 685. The minimum Gasteiger partial charge on any atom is -0.462 e. The van der Waals surface area contributed by atoms with Crippen molar-refractivity contribution < 1.29 is 14.3 Å². The van der Waals surface area contributed by atoms with Crippen molar-refractivity contribution in [3.63, 3.8) is 0 Å². The van der Waals surface area contributed by atoms with E-state index >= 15 is 0 Å². The second kappa shape index (κ2) is 4.82. The highest BCUT2D eigenvalue weighted by Gasteiger charge is 2.63. The Morgan fingerprint density at radius 3 is 2.82 bits per heavy atom. The van der Waals surface area contributed by atoms with Gasteiger partial charge in [-0.05, 0) is 55.9 Å². The van der Waals surface area contributed by atoms with Crippen LogP contribution in [0.15, 0.2) is 16.6 Å². The number of benzene rings is 1. The Kier molecular flexibility index (Phi) is 3.12. The first kappa shape index (κ1) is 14.2. The van der Waals surface area contributed by atoms with Crippen molar-refractivity contribution in [2.45, 2.75) is 32.8 Å². The smallest absolute Gasteiger partial charge is 0.310 e. The Morgan fingerprint density at radius 1 is 1.27 bits per heavy atom. The van der Waals surface area contributed by atoms with Gasteiger partial charge < -0.3 is 10.1 Å². The zero-order valence-corrected chi connectivity index (χ0v) is 14.1. The molecule has 5 atom stereocenters. The number of nitrogens with one attached hydrogen (secondary N) is 1. The van der Waals surface area contributed by atoms with Crippen LogP contribution in [0, 0.1) is 37.5 Å². The van der Waals surface area contributed by atoms with Gasteiger partial charge in [0.05, 0.1) is 11.8 Å². The number of fused-ring (bicyclic) bond motifs is 1. The van der Waals surface area contributed by atoms with Gasteiger partial charge in [-0.1, -0.05) is 15.9 Å². The number of rotatable bonds is 2. The molecule has 1 heterocycles. The third-order valence-corrected chi connectivity index (χ3v) is 6.62.